The Hall–Kier alpha value is -2.40. The fraction of sp³-hybridized carbons (Fsp3) is 0.316. The number of benzene rings is 2. The molecule has 0 saturated carbocycles. The summed E-state index contributed by atoms with van der Waals surface area (Å²) >= 11 is 5.82. The molecule has 25 heavy (non-hydrogen) atoms. The number of halogens is 1. The Bertz CT molecular complexity index is 675. The molecule has 0 spiro atoms. The Morgan fingerprint density at radius 3 is 2.44 bits per heavy atom. The van der Waals surface area contributed by atoms with Gasteiger partial charge in [-0.2, -0.15) is 0 Å². The van der Waals surface area contributed by atoms with E-state index in [0.29, 0.717) is 41.8 Å². The van der Waals surface area contributed by atoms with Gasteiger partial charge in [0.25, 0.3) is 5.91 Å². The molecule has 1 N–H and O–H groups in total. The maximum atomic E-state index is 12.3. The molecule has 0 bridgehead atoms. The van der Waals surface area contributed by atoms with Crippen LogP contribution in [0.2, 0.25) is 5.02 Å². The molecule has 0 aliphatic carbocycles. The molecule has 0 radical (unpaired) electrons. The molecule has 0 aromatic heterocycles. The summed E-state index contributed by atoms with van der Waals surface area (Å²) in [5.41, 5.74) is 0. The maximum absolute atomic E-state index is 12.3. The number of para-hydroxylation sites is 2. The third kappa shape index (κ3) is 5.87. The second-order valence-corrected chi connectivity index (χ2v) is 5.70. The molecule has 134 valence electrons. The summed E-state index contributed by atoms with van der Waals surface area (Å²) in [5, 5.41) is 3.47. The second-order valence-electron chi connectivity index (χ2n) is 5.26. The molecule has 0 aliphatic rings. The molecule has 1 amide bonds. The lowest BCUT2D eigenvalue weighted by molar-refractivity contribution is -0.128. The first-order valence-corrected chi connectivity index (χ1v) is 8.47. The van der Waals surface area contributed by atoms with E-state index in [0.717, 1.165) is 0 Å². The highest BCUT2D eigenvalue weighted by Gasteiger charge is 2.19. The number of rotatable bonds is 9. The molecule has 1 atom stereocenters. The molecule has 1 unspecified atom stereocenters. The van der Waals surface area contributed by atoms with Crippen molar-refractivity contribution < 1.29 is 19.0 Å². The van der Waals surface area contributed by atoms with E-state index in [4.69, 9.17) is 25.8 Å². The SMILES string of the molecule is CCC(Oc1ccccc1OC)C(=O)NCCOc1ccc(Cl)cc1. The van der Waals surface area contributed by atoms with Crippen molar-refractivity contribution in [1.82, 2.24) is 5.32 Å². The van der Waals surface area contributed by atoms with Gasteiger partial charge in [0.2, 0.25) is 0 Å². The van der Waals surface area contributed by atoms with Crippen molar-refractivity contribution in [3.05, 3.63) is 53.6 Å². The Morgan fingerprint density at radius 1 is 1.12 bits per heavy atom. The topological polar surface area (TPSA) is 56.8 Å². The standard InChI is InChI=1S/C19H22ClNO4/c1-3-16(25-18-7-5-4-6-17(18)23-2)19(22)21-12-13-24-15-10-8-14(20)9-11-15/h4-11,16H,3,12-13H2,1-2H3,(H,21,22). The Balaban J connectivity index is 1.80. The van der Waals surface area contributed by atoms with Crippen LogP contribution in [0.5, 0.6) is 17.2 Å². The molecule has 0 fully saturated rings. The number of amides is 1. The lowest BCUT2D eigenvalue weighted by Gasteiger charge is -2.18. The van der Waals surface area contributed by atoms with Crippen LogP contribution in [0.1, 0.15) is 13.3 Å². The van der Waals surface area contributed by atoms with Crippen molar-refractivity contribution in [1.29, 1.82) is 0 Å². The fourth-order valence-electron chi connectivity index (χ4n) is 2.18. The lowest BCUT2D eigenvalue weighted by atomic mass is 10.2. The van der Waals surface area contributed by atoms with Gasteiger partial charge in [0.05, 0.1) is 13.7 Å². The molecule has 2 rings (SSSR count). The maximum Gasteiger partial charge on any atom is 0.261 e. The van der Waals surface area contributed by atoms with Crippen LogP contribution in [0.3, 0.4) is 0 Å². The molecule has 0 aliphatic heterocycles. The molecule has 0 saturated heterocycles. The first-order chi connectivity index (χ1) is 12.1. The number of methoxy groups -OCH3 is 1. The average molecular weight is 364 g/mol. The number of ether oxygens (including phenoxy) is 3. The summed E-state index contributed by atoms with van der Waals surface area (Å²) in [6.07, 6.45) is -0.0473. The molecular formula is C19H22ClNO4. The van der Waals surface area contributed by atoms with Crippen molar-refractivity contribution in [2.75, 3.05) is 20.3 Å². The van der Waals surface area contributed by atoms with Gasteiger partial charge in [0, 0.05) is 5.02 Å². The molecule has 5 nitrogen and oxygen atoms in total. The van der Waals surface area contributed by atoms with E-state index in [2.05, 4.69) is 5.32 Å². The van der Waals surface area contributed by atoms with E-state index in [9.17, 15) is 4.79 Å². The van der Waals surface area contributed by atoms with Crippen molar-refractivity contribution in [2.45, 2.75) is 19.4 Å². The average Bonchev–Trinajstić information content (AvgIpc) is 2.64. The van der Waals surface area contributed by atoms with Crippen molar-refractivity contribution in [2.24, 2.45) is 0 Å². The van der Waals surface area contributed by atoms with E-state index < -0.39 is 6.10 Å². The first kappa shape index (κ1) is 18.9. The van der Waals surface area contributed by atoms with Gasteiger partial charge in [-0.3, -0.25) is 4.79 Å². The van der Waals surface area contributed by atoms with Crippen molar-refractivity contribution in [3.63, 3.8) is 0 Å². The van der Waals surface area contributed by atoms with Crippen LogP contribution in [0, 0.1) is 0 Å². The summed E-state index contributed by atoms with van der Waals surface area (Å²) in [7, 11) is 1.57. The Kier molecular flexibility index (Phi) is 7.41. The van der Waals surface area contributed by atoms with Gasteiger partial charge in [-0.05, 0) is 42.8 Å². The monoisotopic (exact) mass is 363 g/mol. The lowest BCUT2D eigenvalue weighted by Crippen LogP contribution is -2.39. The van der Waals surface area contributed by atoms with Crippen LogP contribution in [-0.2, 0) is 4.79 Å². The largest absolute Gasteiger partial charge is 0.493 e. The number of carbonyl (C=O) groups excluding carboxylic acids is 1. The molecular weight excluding hydrogens is 342 g/mol. The minimum absolute atomic E-state index is 0.187. The number of nitrogens with one attached hydrogen (secondary N) is 1. The Morgan fingerprint density at radius 2 is 1.80 bits per heavy atom. The van der Waals surface area contributed by atoms with Crippen LogP contribution in [0.4, 0.5) is 0 Å². The molecule has 6 heteroatoms. The van der Waals surface area contributed by atoms with Crippen LogP contribution in [0.15, 0.2) is 48.5 Å². The third-order valence-corrected chi connectivity index (χ3v) is 3.74. The summed E-state index contributed by atoms with van der Waals surface area (Å²) in [6.45, 7) is 2.63. The first-order valence-electron chi connectivity index (χ1n) is 8.09. The number of hydrogen-bond acceptors (Lipinski definition) is 4. The van der Waals surface area contributed by atoms with Crippen LogP contribution in [-0.4, -0.2) is 32.3 Å². The quantitative estimate of drug-likeness (QED) is 0.690. The summed E-state index contributed by atoms with van der Waals surface area (Å²) in [5.74, 6) is 1.66. The highest BCUT2D eigenvalue weighted by Crippen LogP contribution is 2.27. The summed E-state index contributed by atoms with van der Waals surface area (Å²) in [6, 6.07) is 14.3. The highest BCUT2D eigenvalue weighted by molar-refractivity contribution is 6.30. The van der Waals surface area contributed by atoms with Gasteiger partial charge in [0.1, 0.15) is 12.4 Å². The normalized spacial score (nSPS) is 11.5. The Labute approximate surface area is 152 Å². The predicted molar refractivity (Wildman–Crippen MR) is 97.7 cm³/mol. The van der Waals surface area contributed by atoms with E-state index in [1.54, 1.807) is 43.5 Å². The molecule has 0 heterocycles. The van der Waals surface area contributed by atoms with E-state index in [1.807, 2.05) is 19.1 Å². The van der Waals surface area contributed by atoms with Crippen LogP contribution < -0.4 is 19.5 Å². The third-order valence-electron chi connectivity index (χ3n) is 3.49. The summed E-state index contributed by atoms with van der Waals surface area (Å²) in [4.78, 5) is 12.3. The van der Waals surface area contributed by atoms with E-state index in [-0.39, 0.29) is 5.91 Å². The minimum Gasteiger partial charge on any atom is -0.493 e. The summed E-state index contributed by atoms with van der Waals surface area (Å²) < 4.78 is 16.6. The van der Waals surface area contributed by atoms with Gasteiger partial charge in [-0.1, -0.05) is 30.7 Å². The molecule has 2 aromatic rings. The van der Waals surface area contributed by atoms with Gasteiger partial charge >= 0.3 is 0 Å². The van der Waals surface area contributed by atoms with Crippen molar-refractivity contribution in [3.8, 4) is 17.2 Å². The zero-order valence-corrected chi connectivity index (χ0v) is 15.1. The van der Waals surface area contributed by atoms with E-state index >= 15 is 0 Å². The smallest absolute Gasteiger partial charge is 0.261 e. The fourth-order valence-corrected chi connectivity index (χ4v) is 2.31. The number of carbonyl (C=O) groups is 1. The van der Waals surface area contributed by atoms with Gasteiger partial charge in [-0.15, -0.1) is 0 Å². The van der Waals surface area contributed by atoms with Crippen LogP contribution in [0.25, 0.3) is 0 Å². The van der Waals surface area contributed by atoms with Gasteiger partial charge in [0.15, 0.2) is 17.6 Å². The molecule has 2 aromatic carbocycles. The number of hydrogen-bond donors (Lipinski definition) is 1. The minimum atomic E-state index is -0.591. The zero-order chi connectivity index (χ0) is 18.1. The van der Waals surface area contributed by atoms with Crippen LogP contribution >= 0.6 is 11.6 Å². The van der Waals surface area contributed by atoms with E-state index in [1.165, 1.54) is 0 Å². The van der Waals surface area contributed by atoms with Gasteiger partial charge < -0.3 is 19.5 Å². The predicted octanol–water partition coefficient (Wildman–Crippen LogP) is 3.70. The van der Waals surface area contributed by atoms with Gasteiger partial charge in [-0.25, -0.2) is 0 Å². The highest BCUT2D eigenvalue weighted by atomic mass is 35.5. The zero-order valence-electron chi connectivity index (χ0n) is 14.3. The van der Waals surface area contributed by atoms with Crippen molar-refractivity contribution >= 4 is 17.5 Å². The second kappa shape index (κ2) is 9.79.